The van der Waals surface area contributed by atoms with Crippen molar-refractivity contribution in [3.63, 3.8) is 0 Å². The fraction of sp³-hybridized carbons (Fsp3) is 0.414. The fourth-order valence-electron chi connectivity index (χ4n) is 5.01. The van der Waals surface area contributed by atoms with Crippen molar-refractivity contribution in [1.29, 1.82) is 0 Å². The average Bonchev–Trinajstić information content (AvgIpc) is 2.84. The van der Waals surface area contributed by atoms with Crippen molar-refractivity contribution >= 4 is 16.6 Å². The zero-order valence-corrected chi connectivity index (χ0v) is 22.6. The highest BCUT2D eigenvalue weighted by Gasteiger charge is 2.27. The molecule has 1 aliphatic rings. The fourth-order valence-corrected chi connectivity index (χ4v) is 5.01. The number of aryl methyl sites for hydroxylation is 2. The lowest BCUT2D eigenvalue weighted by atomic mass is 9.99. The van der Waals surface area contributed by atoms with Crippen molar-refractivity contribution in [2.75, 3.05) is 45.9 Å². The minimum absolute atomic E-state index is 0. The van der Waals surface area contributed by atoms with Gasteiger partial charge in [0.25, 0.3) is 0 Å². The van der Waals surface area contributed by atoms with Crippen molar-refractivity contribution < 1.29 is 44.1 Å². The molecule has 1 heterocycles. The third-order valence-corrected chi connectivity index (χ3v) is 7.21. The van der Waals surface area contributed by atoms with Gasteiger partial charge in [-0.2, -0.15) is 0 Å². The van der Waals surface area contributed by atoms with Crippen LogP contribution in [0.2, 0.25) is 0 Å². The molecule has 6 heteroatoms. The molecule has 4 nitrogen and oxygen atoms in total. The van der Waals surface area contributed by atoms with Gasteiger partial charge in [-0.15, -0.1) is 0 Å². The second-order valence-corrected chi connectivity index (χ2v) is 9.44. The first kappa shape index (κ1) is 29.3. The summed E-state index contributed by atoms with van der Waals surface area (Å²) in [7, 11) is 0. The Balaban J connectivity index is 0.00000216. The largest absolute Gasteiger partial charge is 1.00 e. The Hall–Kier alpha value is -1.95. The van der Waals surface area contributed by atoms with Crippen LogP contribution in [0.5, 0.6) is 0 Å². The van der Waals surface area contributed by atoms with Gasteiger partial charge >= 0.3 is 0 Å². The molecular formula is C29H38Cl2N2O2. The maximum atomic E-state index is 12.7. The number of nitrogens with one attached hydrogen (secondary N) is 2. The van der Waals surface area contributed by atoms with E-state index in [1.54, 1.807) is 9.80 Å². The predicted molar refractivity (Wildman–Crippen MR) is 134 cm³/mol. The number of fused-ring (bicyclic) bond motifs is 1. The standard InChI is InChI=1S/C29H36N2O2.2ClH/c1-4-33-29(27-11-7-9-24-8-5-6-10-26(24)27)21-31-18-16-30(17-19-31)15-14-28(32)25-13-12-22(2)23(3)20-25;;/h5-13,20,29H,4,14-19,21H2,1-3H3;2*1H. The highest BCUT2D eigenvalue weighted by molar-refractivity contribution is 5.96. The van der Waals surface area contributed by atoms with Crippen LogP contribution in [-0.2, 0) is 4.74 Å². The van der Waals surface area contributed by atoms with Crippen LogP contribution in [0.15, 0.2) is 60.7 Å². The van der Waals surface area contributed by atoms with Crippen molar-refractivity contribution in [1.82, 2.24) is 0 Å². The molecule has 4 rings (SSSR count). The third kappa shape index (κ3) is 7.52. The van der Waals surface area contributed by atoms with E-state index >= 15 is 0 Å². The number of ketones is 1. The van der Waals surface area contributed by atoms with E-state index in [2.05, 4.69) is 69.3 Å². The molecule has 2 N–H and O–H groups in total. The summed E-state index contributed by atoms with van der Waals surface area (Å²) >= 11 is 0. The van der Waals surface area contributed by atoms with Crippen LogP contribution in [0.1, 0.15) is 46.5 Å². The number of rotatable bonds is 9. The van der Waals surface area contributed by atoms with E-state index in [0.717, 1.165) is 51.4 Å². The monoisotopic (exact) mass is 516 g/mol. The van der Waals surface area contributed by atoms with Gasteiger partial charge in [0.2, 0.25) is 0 Å². The maximum Gasteiger partial charge on any atom is 0.168 e. The van der Waals surface area contributed by atoms with E-state index in [0.29, 0.717) is 6.42 Å². The molecule has 3 aromatic rings. The molecule has 1 saturated heterocycles. The summed E-state index contributed by atoms with van der Waals surface area (Å²) in [6, 6.07) is 21.2. The molecule has 0 bridgehead atoms. The van der Waals surface area contributed by atoms with Gasteiger partial charge in [0, 0.05) is 12.2 Å². The number of halogens is 2. The molecule has 3 aromatic carbocycles. The molecule has 35 heavy (non-hydrogen) atoms. The van der Waals surface area contributed by atoms with E-state index in [9.17, 15) is 4.79 Å². The van der Waals surface area contributed by atoms with Crippen molar-refractivity contribution in [3.8, 4) is 0 Å². The number of carbonyl (C=O) groups excluding carboxylic acids is 1. The molecule has 1 atom stereocenters. The number of ether oxygens (including phenoxy) is 1. The van der Waals surface area contributed by atoms with Gasteiger partial charge in [0.15, 0.2) is 5.78 Å². The van der Waals surface area contributed by atoms with Crippen LogP contribution in [0, 0.1) is 13.8 Å². The Morgan fingerprint density at radius 1 is 0.886 bits per heavy atom. The molecule has 1 fully saturated rings. The number of Topliss-reactive ketones (excluding diaryl/α,β-unsaturated/α-hetero) is 1. The van der Waals surface area contributed by atoms with Crippen molar-refractivity contribution in [2.45, 2.75) is 33.3 Å². The van der Waals surface area contributed by atoms with E-state index in [1.807, 2.05) is 12.1 Å². The number of carbonyl (C=O) groups is 1. The van der Waals surface area contributed by atoms with E-state index in [1.165, 1.54) is 27.5 Å². The Kier molecular flexibility index (Phi) is 11.7. The average molecular weight is 518 g/mol. The minimum atomic E-state index is 0. The van der Waals surface area contributed by atoms with E-state index < -0.39 is 0 Å². The lowest BCUT2D eigenvalue weighted by Crippen LogP contribution is -3.28. The smallest absolute Gasteiger partial charge is 0.168 e. The number of quaternary nitrogens is 2. The summed E-state index contributed by atoms with van der Waals surface area (Å²) in [4.78, 5) is 15.8. The molecule has 1 unspecified atom stereocenters. The van der Waals surface area contributed by atoms with Gasteiger partial charge in [-0.05, 0) is 54.3 Å². The lowest BCUT2D eigenvalue weighted by Gasteiger charge is -2.32. The molecule has 1 aliphatic heterocycles. The topological polar surface area (TPSA) is 35.2 Å². The molecule has 190 valence electrons. The zero-order valence-electron chi connectivity index (χ0n) is 21.1. The SMILES string of the molecule is CCOC(C[NH+]1CC[NH+](CCC(=O)c2ccc(C)c(C)c2)CC1)c1cccc2ccccc12.[Cl-].[Cl-]. The van der Waals surface area contributed by atoms with E-state index in [4.69, 9.17) is 4.74 Å². The summed E-state index contributed by atoms with van der Waals surface area (Å²) < 4.78 is 6.24. The molecule has 0 saturated carbocycles. The number of hydrogen-bond acceptors (Lipinski definition) is 2. The third-order valence-electron chi connectivity index (χ3n) is 7.21. The Morgan fingerprint density at radius 3 is 2.29 bits per heavy atom. The zero-order chi connectivity index (χ0) is 23.2. The summed E-state index contributed by atoms with van der Waals surface area (Å²) in [6.07, 6.45) is 0.745. The normalized spacial score (nSPS) is 18.4. The highest BCUT2D eigenvalue weighted by Crippen LogP contribution is 2.26. The van der Waals surface area contributed by atoms with Gasteiger partial charge in [-0.25, -0.2) is 0 Å². The first-order valence-electron chi connectivity index (χ1n) is 12.4. The van der Waals surface area contributed by atoms with Gasteiger partial charge in [-0.3, -0.25) is 4.79 Å². The van der Waals surface area contributed by atoms with Crippen molar-refractivity contribution in [3.05, 3.63) is 82.9 Å². The number of benzene rings is 3. The van der Waals surface area contributed by atoms with Gasteiger partial charge in [-0.1, -0.05) is 54.6 Å². The van der Waals surface area contributed by atoms with Gasteiger partial charge in [0.1, 0.15) is 38.8 Å². The molecular weight excluding hydrogens is 479 g/mol. The number of piperazine rings is 1. The Labute approximate surface area is 222 Å². The summed E-state index contributed by atoms with van der Waals surface area (Å²) in [5, 5.41) is 2.57. The quantitative estimate of drug-likeness (QED) is 0.291. The van der Waals surface area contributed by atoms with Crippen LogP contribution in [0.3, 0.4) is 0 Å². The maximum absolute atomic E-state index is 12.7. The van der Waals surface area contributed by atoms with Crippen molar-refractivity contribution in [2.24, 2.45) is 0 Å². The van der Waals surface area contributed by atoms with Gasteiger partial charge < -0.3 is 39.4 Å². The molecule has 0 aliphatic carbocycles. The first-order chi connectivity index (χ1) is 16.0. The highest BCUT2D eigenvalue weighted by atomic mass is 35.5. The Bertz CT molecular complexity index is 1090. The summed E-state index contributed by atoms with van der Waals surface area (Å²) in [5.41, 5.74) is 4.60. The number of hydrogen-bond donors (Lipinski definition) is 2. The Morgan fingerprint density at radius 2 is 1.57 bits per heavy atom. The second kappa shape index (κ2) is 14.0. The van der Waals surface area contributed by atoms with Gasteiger partial charge in [0.05, 0.1) is 13.0 Å². The molecule has 0 spiro atoms. The van der Waals surface area contributed by atoms with Crippen LogP contribution in [0.4, 0.5) is 0 Å². The molecule has 0 radical (unpaired) electrons. The first-order valence-corrected chi connectivity index (χ1v) is 12.4. The predicted octanol–water partition coefficient (Wildman–Crippen LogP) is -3.40. The van der Waals surface area contributed by atoms with Crippen LogP contribution in [0.25, 0.3) is 10.8 Å². The molecule has 0 amide bonds. The van der Waals surface area contributed by atoms with Crippen LogP contribution in [-0.4, -0.2) is 51.7 Å². The second-order valence-electron chi connectivity index (χ2n) is 9.44. The lowest BCUT2D eigenvalue weighted by molar-refractivity contribution is -1.01. The minimum Gasteiger partial charge on any atom is -1.00 e. The van der Waals surface area contributed by atoms with Crippen LogP contribution >= 0.6 is 0 Å². The van der Waals surface area contributed by atoms with E-state index in [-0.39, 0.29) is 36.7 Å². The van der Waals surface area contributed by atoms with Crippen LogP contribution < -0.4 is 34.6 Å². The summed E-state index contributed by atoms with van der Waals surface area (Å²) in [6.45, 7) is 13.4. The molecule has 0 aromatic heterocycles. The summed E-state index contributed by atoms with van der Waals surface area (Å²) in [5.74, 6) is 0.271.